The first kappa shape index (κ1) is 16.1. The predicted octanol–water partition coefficient (Wildman–Crippen LogP) is 1.62. The summed E-state index contributed by atoms with van der Waals surface area (Å²) in [6, 6.07) is -0.00597. The number of likely N-dealkylation sites (N-methyl/N-ethyl adjacent to an activating group) is 1. The second-order valence-corrected chi connectivity index (χ2v) is 4.24. The Morgan fingerprint density at radius 3 is 2.41 bits per heavy atom. The van der Waals surface area contributed by atoms with Crippen LogP contribution in [0.3, 0.4) is 0 Å². The molecule has 0 aliphatic heterocycles. The minimum absolute atomic E-state index is 0.450. The lowest BCUT2D eigenvalue weighted by Crippen LogP contribution is -2.43. The second kappa shape index (κ2) is 8.22. The Morgan fingerprint density at radius 2 is 1.94 bits per heavy atom. The molecule has 0 aliphatic carbocycles. The highest BCUT2D eigenvalue weighted by Gasteiger charge is 2.13. The van der Waals surface area contributed by atoms with Crippen LogP contribution in [0.1, 0.15) is 20.3 Å². The number of carbonyl (C=O) groups is 1. The van der Waals surface area contributed by atoms with Crippen LogP contribution in [0, 0.1) is 0 Å². The van der Waals surface area contributed by atoms with E-state index in [0.29, 0.717) is 19.1 Å². The van der Waals surface area contributed by atoms with Gasteiger partial charge in [0.1, 0.15) is 0 Å². The van der Waals surface area contributed by atoms with Crippen molar-refractivity contribution in [3.8, 4) is 0 Å². The molecule has 0 spiro atoms. The Morgan fingerprint density at radius 1 is 1.35 bits per heavy atom. The summed E-state index contributed by atoms with van der Waals surface area (Å²) in [5, 5.41) is 2.61. The summed E-state index contributed by atoms with van der Waals surface area (Å²) in [7, 11) is 3.34. The van der Waals surface area contributed by atoms with Gasteiger partial charge in [0, 0.05) is 26.2 Å². The molecule has 0 fully saturated rings. The molecule has 0 rings (SSSR count). The maximum absolute atomic E-state index is 12.0. The highest BCUT2D eigenvalue weighted by Crippen LogP contribution is 1.99. The lowest BCUT2D eigenvalue weighted by Gasteiger charge is -2.24. The Hall–Kier alpha value is -0.910. The average Bonchev–Trinajstić information content (AvgIpc) is 2.26. The molecule has 0 aromatic rings. The first-order valence-corrected chi connectivity index (χ1v) is 5.85. The molecule has 4 nitrogen and oxygen atoms in total. The van der Waals surface area contributed by atoms with Crippen LogP contribution in [0.5, 0.6) is 0 Å². The maximum atomic E-state index is 12.0. The molecule has 0 aromatic carbocycles. The van der Waals surface area contributed by atoms with Crippen LogP contribution < -0.4 is 5.32 Å². The van der Waals surface area contributed by atoms with E-state index >= 15 is 0 Å². The fraction of sp³-hybridized carbons (Fsp3) is 0.909. The van der Waals surface area contributed by atoms with Gasteiger partial charge in [0.15, 0.2) is 0 Å². The molecule has 0 radical (unpaired) electrons. The topological polar surface area (TPSA) is 35.6 Å². The van der Waals surface area contributed by atoms with Gasteiger partial charge >= 0.3 is 6.03 Å². The van der Waals surface area contributed by atoms with E-state index in [0.717, 1.165) is 11.3 Å². The van der Waals surface area contributed by atoms with Crippen molar-refractivity contribution in [3.63, 3.8) is 0 Å². The molecule has 6 heteroatoms. The zero-order valence-electron chi connectivity index (χ0n) is 11.0. The van der Waals surface area contributed by atoms with Crippen LogP contribution in [-0.2, 0) is 0 Å². The lowest BCUT2D eigenvalue weighted by molar-refractivity contribution is 0.107. The number of alkyl halides is 2. The number of rotatable bonds is 7. The average molecular weight is 251 g/mol. The lowest BCUT2D eigenvalue weighted by atomic mass is 10.2. The van der Waals surface area contributed by atoms with Gasteiger partial charge in [-0.3, -0.25) is 0 Å². The SMILES string of the molecule is CC[C@H](C)N(C)CCNC(=O)N(C)CC(F)F. The Balaban J connectivity index is 3.77. The van der Waals surface area contributed by atoms with E-state index in [1.807, 2.05) is 7.05 Å². The first-order valence-electron chi connectivity index (χ1n) is 5.85. The van der Waals surface area contributed by atoms with Gasteiger partial charge in [0.2, 0.25) is 0 Å². The fourth-order valence-corrected chi connectivity index (χ4v) is 1.30. The largest absolute Gasteiger partial charge is 0.337 e. The Kier molecular flexibility index (Phi) is 7.78. The number of amides is 2. The third kappa shape index (κ3) is 7.10. The van der Waals surface area contributed by atoms with Crippen molar-refractivity contribution in [1.29, 1.82) is 0 Å². The molecular weight excluding hydrogens is 228 g/mol. The van der Waals surface area contributed by atoms with Gasteiger partial charge in [-0.15, -0.1) is 0 Å². The summed E-state index contributed by atoms with van der Waals surface area (Å²) in [5.74, 6) is 0. The van der Waals surface area contributed by atoms with Gasteiger partial charge in [0.05, 0.1) is 6.54 Å². The standard InChI is InChI=1S/C11H23F2N3O/c1-5-9(2)15(3)7-6-14-11(17)16(4)8-10(12)13/h9-10H,5-8H2,1-4H3,(H,14,17)/t9-/m0/s1. The molecule has 0 saturated heterocycles. The maximum Gasteiger partial charge on any atom is 0.317 e. The third-order valence-electron chi connectivity index (χ3n) is 2.84. The van der Waals surface area contributed by atoms with Gasteiger partial charge < -0.3 is 15.1 Å². The molecule has 0 unspecified atom stereocenters. The molecule has 0 aliphatic rings. The molecular formula is C11H23F2N3O. The molecule has 2 amide bonds. The van der Waals surface area contributed by atoms with Crippen molar-refractivity contribution in [2.45, 2.75) is 32.7 Å². The van der Waals surface area contributed by atoms with Crippen molar-refractivity contribution >= 4 is 6.03 Å². The molecule has 0 aromatic heterocycles. The number of hydrogen-bond donors (Lipinski definition) is 1. The zero-order chi connectivity index (χ0) is 13.4. The fourth-order valence-electron chi connectivity index (χ4n) is 1.30. The van der Waals surface area contributed by atoms with Gasteiger partial charge in [-0.05, 0) is 20.4 Å². The highest BCUT2D eigenvalue weighted by molar-refractivity contribution is 5.73. The van der Waals surface area contributed by atoms with E-state index in [1.165, 1.54) is 7.05 Å². The summed E-state index contributed by atoms with van der Waals surface area (Å²) >= 11 is 0. The first-order chi connectivity index (χ1) is 7.88. The van der Waals surface area contributed by atoms with Crippen LogP contribution in [0.4, 0.5) is 13.6 Å². The number of hydrogen-bond acceptors (Lipinski definition) is 2. The summed E-state index contributed by atoms with van der Waals surface area (Å²) in [6.45, 7) is 4.84. The molecule has 17 heavy (non-hydrogen) atoms. The highest BCUT2D eigenvalue weighted by atomic mass is 19.3. The number of halogens is 2. The third-order valence-corrected chi connectivity index (χ3v) is 2.84. The van der Waals surface area contributed by atoms with Gasteiger partial charge in [-0.1, -0.05) is 6.92 Å². The van der Waals surface area contributed by atoms with E-state index in [4.69, 9.17) is 0 Å². The smallest absolute Gasteiger partial charge is 0.317 e. The molecule has 0 heterocycles. The number of carbonyl (C=O) groups excluding carboxylic acids is 1. The summed E-state index contributed by atoms with van der Waals surface area (Å²) in [6.07, 6.45) is -1.45. The number of nitrogens with zero attached hydrogens (tertiary/aromatic N) is 2. The monoisotopic (exact) mass is 251 g/mol. The Bertz CT molecular complexity index is 227. The normalized spacial score (nSPS) is 12.9. The minimum atomic E-state index is -2.49. The number of urea groups is 1. The van der Waals surface area contributed by atoms with Crippen LogP contribution in [0.15, 0.2) is 0 Å². The molecule has 0 saturated carbocycles. The van der Waals surface area contributed by atoms with Crippen LogP contribution in [0.2, 0.25) is 0 Å². The number of nitrogens with one attached hydrogen (secondary N) is 1. The van der Waals surface area contributed by atoms with Crippen molar-refractivity contribution in [1.82, 2.24) is 15.1 Å². The van der Waals surface area contributed by atoms with E-state index in [9.17, 15) is 13.6 Å². The van der Waals surface area contributed by atoms with E-state index < -0.39 is 19.0 Å². The molecule has 102 valence electrons. The van der Waals surface area contributed by atoms with Crippen molar-refractivity contribution in [3.05, 3.63) is 0 Å². The van der Waals surface area contributed by atoms with Crippen LogP contribution in [0.25, 0.3) is 0 Å². The molecule has 1 N–H and O–H groups in total. The Labute approximate surface area is 102 Å². The van der Waals surface area contributed by atoms with Crippen LogP contribution in [-0.4, -0.2) is 62.0 Å². The summed E-state index contributed by atoms with van der Waals surface area (Å²) < 4.78 is 24.0. The van der Waals surface area contributed by atoms with Crippen molar-refractivity contribution in [2.24, 2.45) is 0 Å². The quantitative estimate of drug-likeness (QED) is 0.746. The van der Waals surface area contributed by atoms with E-state index in [-0.39, 0.29) is 0 Å². The van der Waals surface area contributed by atoms with E-state index in [1.54, 1.807) is 0 Å². The van der Waals surface area contributed by atoms with Crippen molar-refractivity contribution < 1.29 is 13.6 Å². The summed E-state index contributed by atoms with van der Waals surface area (Å²) in [5.41, 5.74) is 0. The summed E-state index contributed by atoms with van der Waals surface area (Å²) in [4.78, 5) is 14.5. The molecule has 1 atom stereocenters. The predicted molar refractivity (Wildman–Crippen MR) is 64.4 cm³/mol. The van der Waals surface area contributed by atoms with Gasteiger partial charge in [-0.25, -0.2) is 13.6 Å². The van der Waals surface area contributed by atoms with Gasteiger partial charge in [-0.2, -0.15) is 0 Å². The van der Waals surface area contributed by atoms with Crippen molar-refractivity contribution in [2.75, 3.05) is 33.7 Å². The van der Waals surface area contributed by atoms with E-state index in [2.05, 4.69) is 24.1 Å². The minimum Gasteiger partial charge on any atom is -0.337 e. The van der Waals surface area contributed by atoms with Crippen LogP contribution >= 0.6 is 0 Å². The molecule has 0 bridgehead atoms. The zero-order valence-corrected chi connectivity index (χ0v) is 11.0. The second-order valence-electron chi connectivity index (χ2n) is 4.24. The van der Waals surface area contributed by atoms with Gasteiger partial charge in [0.25, 0.3) is 6.43 Å².